The van der Waals surface area contributed by atoms with Crippen molar-refractivity contribution in [3.63, 3.8) is 0 Å². The lowest BCUT2D eigenvalue weighted by Crippen LogP contribution is -2.53. The molecule has 2 amide bonds. The van der Waals surface area contributed by atoms with E-state index in [0.717, 1.165) is 9.87 Å². The van der Waals surface area contributed by atoms with Gasteiger partial charge in [-0.25, -0.2) is 8.42 Å². The van der Waals surface area contributed by atoms with E-state index in [1.165, 1.54) is 17.0 Å². The molecule has 0 aliphatic heterocycles. The van der Waals surface area contributed by atoms with Gasteiger partial charge in [-0.2, -0.15) is 0 Å². The molecule has 1 atom stereocenters. The number of likely N-dealkylation sites (N-methyl/N-ethyl adjacent to an activating group) is 1. The Hall–Kier alpha value is -3.85. The number of carbonyl (C=O) groups excluding carboxylic acids is 2. The summed E-state index contributed by atoms with van der Waals surface area (Å²) in [5.41, 5.74) is 1.60. The van der Waals surface area contributed by atoms with Crippen molar-refractivity contribution in [2.75, 3.05) is 17.4 Å². The summed E-state index contributed by atoms with van der Waals surface area (Å²) >= 11 is 13.0. The maximum Gasteiger partial charge on any atom is 0.264 e. The fraction of sp³-hybridized carbons (Fsp3) is 0.188. The van der Waals surface area contributed by atoms with Crippen LogP contribution in [-0.4, -0.2) is 44.3 Å². The molecule has 42 heavy (non-hydrogen) atoms. The Balaban J connectivity index is 1.81. The quantitative estimate of drug-likeness (QED) is 0.211. The van der Waals surface area contributed by atoms with Gasteiger partial charge in [0.2, 0.25) is 11.8 Å². The van der Waals surface area contributed by atoms with Crippen molar-refractivity contribution in [2.24, 2.45) is 0 Å². The monoisotopic (exact) mass is 623 g/mol. The van der Waals surface area contributed by atoms with Gasteiger partial charge in [0.25, 0.3) is 10.0 Å². The predicted octanol–water partition coefficient (Wildman–Crippen LogP) is 5.96. The highest BCUT2D eigenvalue weighted by molar-refractivity contribution is 7.92. The highest BCUT2D eigenvalue weighted by atomic mass is 35.5. The van der Waals surface area contributed by atoms with E-state index in [2.05, 4.69) is 5.32 Å². The maximum absolute atomic E-state index is 14.3. The zero-order valence-corrected chi connectivity index (χ0v) is 25.3. The maximum atomic E-state index is 14.3. The van der Waals surface area contributed by atoms with Crippen molar-refractivity contribution >= 4 is 50.7 Å². The van der Waals surface area contributed by atoms with Crippen LogP contribution in [0.25, 0.3) is 0 Å². The molecule has 0 spiro atoms. The van der Waals surface area contributed by atoms with Crippen LogP contribution >= 0.6 is 23.2 Å². The van der Waals surface area contributed by atoms with Crippen molar-refractivity contribution in [1.29, 1.82) is 0 Å². The highest BCUT2D eigenvalue weighted by Crippen LogP contribution is 2.31. The van der Waals surface area contributed by atoms with Crippen molar-refractivity contribution in [2.45, 2.75) is 30.8 Å². The lowest BCUT2D eigenvalue weighted by Gasteiger charge is -2.34. The van der Waals surface area contributed by atoms with Crippen LogP contribution in [0.3, 0.4) is 0 Å². The smallest absolute Gasteiger partial charge is 0.264 e. The van der Waals surface area contributed by atoms with Crippen molar-refractivity contribution in [1.82, 2.24) is 10.2 Å². The van der Waals surface area contributed by atoms with Crippen LogP contribution in [0.4, 0.5) is 5.69 Å². The second-order valence-electron chi connectivity index (χ2n) is 9.49. The van der Waals surface area contributed by atoms with Crippen LogP contribution in [0.1, 0.15) is 18.1 Å². The number of hydrogen-bond acceptors (Lipinski definition) is 4. The van der Waals surface area contributed by atoms with Gasteiger partial charge >= 0.3 is 0 Å². The molecule has 0 aliphatic rings. The molecule has 1 unspecified atom stereocenters. The summed E-state index contributed by atoms with van der Waals surface area (Å²) in [5.74, 6) is -0.960. The number of nitrogens with one attached hydrogen (secondary N) is 1. The summed E-state index contributed by atoms with van der Waals surface area (Å²) in [6, 6.07) is 29.7. The topological polar surface area (TPSA) is 86.8 Å². The molecular formula is C32H31Cl2N3O4S. The van der Waals surface area contributed by atoms with Gasteiger partial charge in [-0.1, -0.05) is 102 Å². The van der Waals surface area contributed by atoms with Gasteiger partial charge < -0.3 is 10.2 Å². The van der Waals surface area contributed by atoms with E-state index in [0.29, 0.717) is 17.1 Å². The summed E-state index contributed by atoms with van der Waals surface area (Å²) < 4.78 is 28.9. The second kappa shape index (κ2) is 14.4. The average Bonchev–Trinajstić information content (AvgIpc) is 3.00. The van der Waals surface area contributed by atoms with Crippen molar-refractivity contribution in [3.8, 4) is 0 Å². The van der Waals surface area contributed by atoms with Crippen LogP contribution in [-0.2, 0) is 32.6 Å². The molecule has 0 bridgehead atoms. The van der Waals surface area contributed by atoms with Gasteiger partial charge in [0.15, 0.2) is 0 Å². The molecule has 10 heteroatoms. The van der Waals surface area contributed by atoms with Gasteiger partial charge in [0.1, 0.15) is 12.6 Å². The van der Waals surface area contributed by atoms with E-state index in [-0.39, 0.29) is 34.5 Å². The molecule has 218 valence electrons. The standard InChI is InChI=1S/C32H31Cl2N3O4S/c1-2-35-32(39)30(21-24-13-5-3-6-14-24)36(22-25-15-9-10-18-27(25)33)31(38)23-37(29-20-12-11-19-28(29)34)42(40,41)26-16-7-4-8-17-26/h3-20,30H,2,21-23H2,1H3,(H,35,39). The van der Waals surface area contributed by atoms with E-state index in [1.54, 1.807) is 73.7 Å². The first kappa shape index (κ1) is 31.1. The Bertz CT molecular complexity index is 1620. The van der Waals surface area contributed by atoms with Gasteiger partial charge in [-0.05, 0) is 48.4 Å². The van der Waals surface area contributed by atoms with Crippen LogP contribution in [0, 0.1) is 0 Å². The molecule has 0 heterocycles. The number of amides is 2. The summed E-state index contributed by atoms with van der Waals surface area (Å²) in [6.45, 7) is 1.53. The molecular weight excluding hydrogens is 593 g/mol. The van der Waals surface area contributed by atoms with Gasteiger partial charge in [-0.15, -0.1) is 0 Å². The molecule has 0 fully saturated rings. The number of anilines is 1. The third-order valence-electron chi connectivity index (χ3n) is 6.65. The minimum absolute atomic E-state index is 0.0000601. The number of sulfonamides is 1. The van der Waals surface area contributed by atoms with Gasteiger partial charge in [0, 0.05) is 24.5 Å². The SMILES string of the molecule is CCNC(=O)C(Cc1ccccc1)N(Cc1ccccc1Cl)C(=O)CN(c1ccccc1Cl)S(=O)(=O)c1ccccc1. The number of para-hydroxylation sites is 1. The van der Waals surface area contributed by atoms with Crippen LogP contribution in [0.15, 0.2) is 114 Å². The first-order chi connectivity index (χ1) is 20.2. The average molecular weight is 625 g/mol. The molecule has 1 N–H and O–H groups in total. The molecule has 4 aromatic carbocycles. The predicted molar refractivity (Wildman–Crippen MR) is 167 cm³/mol. The molecule has 0 aromatic heterocycles. The minimum atomic E-state index is -4.23. The number of benzene rings is 4. The van der Waals surface area contributed by atoms with E-state index >= 15 is 0 Å². The Morgan fingerprint density at radius 2 is 1.36 bits per heavy atom. The van der Waals surface area contributed by atoms with Crippen LogP contribution in [0.2, 0.25) is 10.0 Å². The Labute approximate surface area is 256 Å². The summed E-state index contributed by atoms with van der Waals surface area (Å²) in [4.78, 5) is 29.2. The zero-order valence-electron chi connectivity index (χ0n) is 23.0. The number of halogens is 2. The number of hydrogen-bond donors (Lipinski definition) is 1. The van der Waals surface area contributed by atoms with E-state index in [1.807, 2.05) is 30.3 Å². The number of carbonyl (C=O) groups is 2. The third kappa shape index (κ3) is 7.50. The Kier molecular flexibility index (Phi) is 10.6. The Morgan fingerprint density at radius 1 is 0.786 bits per heavy atom. The lowest BCUT2D eigenvalue weighted by atomic mass is 10.0. The minimum Gasteiger partial charge on any atom is -0.355 e. The zero-order chi connectivity index (χ0) is 30.1. The molecule has 4 rings (SSSR count). The van der Waals surface area contributed by atoms with E-state index in [4.69, 9.17) is 23.2 Å². The molecule has 0 saturated heterocycles. The number of rotatable bonds is 12. The van der Waals surface area contributed by atoms with Gasteiger partial charge in [0.05, 0.1) is 15.6 Å². The first-order valence-corrected chi connectivity index (χ1v) is 15.6. The summed E-state index contributed by atoms with van der Waals surface area (Å²) in [5, 5.41) is 3.41. The number of nitrogens with zero attached hydrogens (tertiary/aromatic N) is 2. The highest BCUT2D eigenvalue weighted by Gasteiger charge is 2.35. The third-order valence-corrected chi connectivity index (χ3v) is 9.11. The molecule has 0 aliphatic carbocycles. The molecule has 0 radical (unpaired) electrons. The van der Waals surface area contributed by atoms with Crippen LogP contribution < -0.4 is 9.62 Å². The first-order valence-electron chi connectivity index (χ1n) is 13.4. The fourth-order valence-corrected chi connectivity index (χ4v) is 6.48. The van der Waals surface area contributed by atoms with E-state index < -0.39 is 28.5 Å². The fourth-order valence-electron chi connectivity index (χ4n) is 4.54. The molecule has 7 nitrogen and oxygen atoms in total. The molecule has 4 aromatic rings. The van der Waals surface area contributed by atoms with E-state index in [9.17, 15) is 18.0 Å². The lowest BCUT2D eigenvalue weighted by molar-refractivity contribution is -0.140. The molecule has 0 saturated carbocycles. The van der Waals surface area contributed by atoms with Crippen molar-refractivity contribution in [3.05, 3.63) is 130 Å². The van der Waals surface area contributed by atoms with Crippen LogP contribution in [0.5, 0.6) is 0 Å². The largest absolute Gasteiger partial charge is 0.355 e. The Morgan fingerprint density at radius 3 is 1.98 bits per heavy atom. The van der Waals surface area contributed by atoms with Crippen molar-refractivity contribution < 1.29 is 18.0 Å². The van der Waals surface area contributed by atoms with Gasteiger partial charge in [-0.3, -0.25) is 13.9 Å². The normalized spacial score (nSPS) is 11.9. The second-order valence-corrected chi connectivity index (χ2v) is 12.2. The summed E-state index contributed by atoms with van der Waals surface area (Å²) in [6.07, 6.45) is 0.209. The summed E-state index contributed by atoms with van der Waals surface area (Å²) in [7, 11) is -4.23.